The van der Waals surface area contributed by atoms with Gasteiger partial charge in [0.1, 0.15) is 34.8 Å². The van der Waals surface area contributed by atoms with E-state index in [1.807, 2.05) is 37.3 Å². The smallest absolute Gasteiger partial charge is 0.410 e. The molecule has 4 amide bonds. The Morgan fingerprint density at radius 2 is 1.88 bits per heavy atom. The molecule has 0 radical (unpaired) electrons. The van der Waals surface area contributed by atoms with Gasteiger partial charge in [0, 0.05) is 37.1 Å². The standard InChI is InChI=1S/C40H46F2N6O7S2/c1-23-8-7-9-24-19-47(21-30(23)24)39(52)55-27-17-34-35(49)45-40(37(51)46-57(53,54)28-13-14-28)18-25(40)10-5-3-2-4-6-11-32(36(50)48(34)20-27)43-38-44-33(22-56-38)29-15-12-26(41)16-31(29)42/h5,7-10,12,15-16,22,25,27-28,32,34,38,43-44H,2-4,6,11,13-14,17-21H2,1H3,(H,45,49)(H,46,51)/b10-5-/t25-,27-,32+,34+,38?,40-/m1/s1. The Kier molecular flexibility index (Phi) is 10.8. The summed E-state index contributed by atoms with van der Waals surface area (Å²) in [6.45, 7) is 2.62. The zero-order valence-electron chi connectivity index (χ0n) is 31.5. The van der Waals surface area contributed by atoms with Crippen LogP contribution in [0, 0.1) is 24.5 Å². The van der Waals surface area contributed by atoms with E-state index in [9.17, 15) is 36.4 Å². The SMILES string of the molecule is Cc1cccc2c1CN(C(=O)O[C@@H]1C[C@H]3C(=O)N[C@]4(C(=O)NS(=O)(=O)C5CC5)C[C@H]4/C=C\CCCCC[C@H](NC4NC(c5ccc(F)cc5F)=CS4)C(=O)N3C1)C2. The summed E-state index contributed by atoms with van der Waals surface area (Å²) in [5.41, 5.74) is 1.63. The van der Waals surface area contributed by atoms with Crippen molar-refractivity contribution in [3.05, 3.63) is 87.8 Å². The lowest BCUT2D eigenvalue weighted by atomic mass is 10.0. The van der Waals surface area contributed by atoms with E-state index in [4.69, 9.17) is 4.74 Å². The van der Waals surface area contributed by atoms with Crippen LogP contribution in [0.4, 0.5) is 13.6 Å². The molecule has 4 aliphatic heterocycles. The molecule has 4 N–H and O–H groups in total. The first kappa shape index (κ1) is 39.4. The summed E-state index contributed by atoms with van der Waals surface area (Å²) < 4.78 is 62.2. The number of aryl methyl sites for hydroxylation is 1. The van der Waals surface area contributed by atoms with Crippen LogP contribution in [0.3, 0.4) is 0 Å². The number of benzene rings is 2. The quantitative estimate of drug-likeness (QED) is 0.297. The maximum absolute atomic E-state index is 14.7. The summed E-state index contributed by atoms with van der Waals surface area (Å²) in [6.07, 6.45) is 6.74. The third-order valence-corrected chi connectivity index (χ3v) is 14.5. The summed E-state index contributed by atoms with van der Waals surface area (Å²) >= 11 is 1.28. The number of carbonyl (C=O) groups excluding carboxylic acids is 4. The van der Waals surface area contributed by atoms with Crippen molar-refractivity contribution in [2.75, 3.05) is 6.54 Å². The number of allylic oxidation sites excluding steroid dienone is 1. The predicted octanol–water partition coefficient (Wildman–Crippen LogP) is 4.28. The number of rotatable bonds is 7. The molecule has 13 nitrogen and oxygen atoms in total. The normalized spacial score (nSPS) is 29.5. The van der Waals surface area contributed by atoms with Gasteiger partial charge in [0.15, 0.2) is 0 Å². The van der Waals surface area contributed by atoms with Crippen LogP contribution in [-0.4, -0.2) is 83.1 Å². The number of carbonyl (C=O) groups is 4. The highest BCUT2D eigenvalue weighted by Gasteiger charge is 2.62. The third kappa shape index (κ3) is 8.28. The molecule has 1 unspecified atom stereocenters. The number of ether oxygens (including phenoxy) is 1. The molecule has 6 atom stereocenters. The zero-order chi connectivity index (χ0) is 40.1. The van der Waals surface area contributed by atoms with Crippen LogP contribution in [-0.2, 0) is 42.2 Å². The molecule has 304 valence electrons. The molecule has 1 saturated heterocycles. The molecule has 8 rings (SSSR count). The van der Waals surface area contributed by atoms with Gasteiger partial charge in [-0.25, -0.2) is 22.0 Å². The number of sulfonamides is 1. The number of thioether (sulfide) groups is 1. The Hall–Kier alpha value is -4.48. The molecule has 0 spiro atoms. The monoisotopic (exact) mass is 824 g/mol. The number of fused-ring (bicyclic) bond motifs is 3. The van der Waals surface area contributed by atoms with Crippen molar-refractivity contribution in [1.29, 1.82) is 0 Å². The number of nitrogens with one attached hydrogen (secondary N) is 4. The minimum absolute atomic E-state index is 0.0413. The largest absolute Gasteiger partial charge is 0.444 e. The van der Waals surface area contributed by atoms with Crippen molar-refractivity contribution in [2.24, 2.45) is 5.92 Å². The van der Waals surface area contributed by atoms with Crippen molar-refractivity contribution in [1.82, 2.24) is 30.5 Å². The average molecular weight is 825 g/mol. The van der Waals surface area contributed by atoms with Gasteiger partial charge in [0.05, 0.1) is 23.5 Å². The second-order valence-electron chi connectivity index (χ2n) is 15.9. The van der Waals surface area contributed by atoms with Gasteiger partial charge in [0.25, 0.3) is 5.91 Å². The van der Waals surface area contributed by atoms with E-state index in [-0.39, 0.29) is 24.9 Å². The van der Waals surface area contributed by atoms with Crippen LogP contribution in [0.2, 0.25) is 0 Å². The van der Waals surface area contributed by atoms with Crippen LogP contribution in [0.15, 0.2) is 54.0 Å². The van der Waals surface area contributed by atoms with Gasteiger partial charge in [-0.15, -0.1) is 0 Å². The lowest BCUT2D eigenvalue weighted by Gasteiger charge is -2.31. The minimum Gasteiger partial charge on any atom is -0.444 e. The highest BCUT2D eigenvalue weighted by atomic mass is 32.2. The van der Waals surface area contributed by atoms with E-state index in [1.54, 1.807) is 10.3 Å². The van der Waals surface area contributed by atoms with Crippen LogP contribution >= 0.6 is 11.8 Å². The minimum atomic E-state index is -3.91. The van der Waals surface area contributed by atoms with Crippen molar-refractivity contribution < 1.29 is 41.1 Å². The maximum atomic E-state index is 14.7. The molecule has 6 aliphatic rings. The molecule has 4 heterocycles. The van der Waals surface area contributed by atoms with E-state index in [1.165, 1.54) is 28.8 Å². The molecule has 0 bridgehead atoms. The lowest BCUT2D eigenvalue weighted by molar-refractivity contribution is -0.141. The fourth-order valence-corrected chi connectivity index (χ4v) is 10.5. The third-order valence-electron chi connectivity index (χ3n) is 11.8. The molecule has 0 aromatic heterocycles. The molecule has 2 saturated carbocycles. The van der Waals surface area contributed by atoms with Crippen LogP contribution in [0.5, 0.6) is 0 Å². The Labute approximate surface area is 334 Å². The number of amides is 4. The fourth-order valence-electron chi connectivity index (χ4n) is 8.26. The maximum Gasteiger partial charge on any atom is 0.410 e. The van der Waals surface area contributed by atoms with Crippen molar-refractivity contribution in [3.8, 4) is 0 Å². The molecule has 57 heavy (non-hydrogen) atoms. The number of hydrogen-bond acceptors (Lipinski definition) is 10. The van der Waals surface area contributed by atoms with Crippen LogP contribution < -0.4 is 20.7 Å². The second-order valence-corrected chi connectivity index (χ2v) is 18.8. The molecule has 2 aliphatic carbocycles. The van der Waals surface area contributed by atoms with Crippen molar-refractivity contribution in [2.45, 2.75) is 112 Å². The van der Waals surface area contributed by atoms with Crippen molar-refractivity contribution >= 4 is 51.3 Å². The Morgan fingerprint density at radius 3 is 2.65 bits per heavy atom. The molecular formula is C40H46F2N6O7S2. The van der Waals surface area contributed by atoms with E-state index >= 15 is 0 Å². The van der Waals surface area contributed by atoms with Crippen LogP contribution in [0.1, 0.15) is 80.0 Å². The second kappa shape index (κ2) is 15.7. The fraction of sp³-hybridized carbons (Fsp3) is 0.500. The number of halogens is 2. The Balaban J connectivity index is 1.03. The van der Waals surface area contributed by atoms with Gasteiger partial charge in [-0.3, -0.25) is 29.3 Å². The van der Waals surface area contributed by atoms with Crippen LogP contribution in [0.25, 0.3) is 5.70 Å². The summed E-state index contributed by atoms with van der Waals surface area (Å²) in [7, 11) is -3.91. The van der Waals surface area contributed by atoms with E-state index in [0.29, 0.717) is 50.9 Å². The molecule has 17 heteroatoms. The first-order valence-electron chi connectivity index (χ1n) is 19.5. The van der Waals surface area contributed by atoms with Gasteiger partial charge < -0.3 is 20.3 Å². The lowest BCUT2D eigenvalue weighted by Crippen LogP contribution is -2.58. The summed E-state index contributed by atoms with van der Waals surface area (Å²) in [5.74, 6) is -3.77. The van der Waals surface area contributed by atoms with Gasteiger partial charge in [-0.2, -0.15) is 0 Å². The topological polar surface area (TPSA) is 166 Å². The summed E-state index contributed by atoms with van der Waals surface area (Å²) in [5, 5.41) is 10.4. The van der Waals surface area contributed by atoms with Gasteiger partial charge >= 0.3 is 6.09 Å². The highest BCUT2D eigenvalue weighted by molar-refractivity contribution is 8.03. The Morgan fingerprint density at radius 1 is 1.05 bits per heavy atom. The number of hydrogen-bond donors (Lipinski definition) is 4. The first-order chi connectivity index (χ1) is 27.3. The molecular weight excluding hydrogens is 779 g/mol. The molecule has 3 fully saturated rings. The average Bonchev–Trinajstić information content (AvgIpc) is 3.97. The molecule has 2 aromatic rings. The van der Waals surface area contributed by atoms with Crippen molar-refractivity contribution in [3.63, 3.8) is 0 Å². The van der Waals surface area contributed by atoms with Gasteiger partial charge in [-0.05, 0) is 79.7 Å². The van der Waals surface area contributed by atoms with E-state index in [0.717, 1.165) is 35.6 Å². The van der Waals surface area contributed by atoms with Gasteiger partial charge in [-0.1, -0.05) is 55.0 Å². The number of nitrogens with zero attached hydrogens (tertiary/aromatic N) is 2. The summed E-state index contributed by atoms with van der Waals surface area (Å²) in [4.78, 5) is 59.4. The predicted molar refractivity (Wildman–Crippen MR) is 208 cm³/mol. The van der Waals surface area contributed by atoms with Gasteiger partial charge in [0.2, 0.25) is 21.8 Å². The molecule has 2 aromatic carbocycles. The highest BCUT2D eigenvalue weighted by Crippen LogP contribution is 2.46. The van der Waals surface area contributed by atoms with E-state index in [2.05, 4.69) is 20.7 Å². The zero-order valence-corrected chi connectivity index (χ0v) is 33.1. The summed E-state index contributed by atoms with van der Waals surface area (Å²) in [6, 6.07) is 7.22. The van der Waals surface area contributed by atoms with E-state index < -0.39 is 85.9 Å². The Bertz CT molecular complexity index is 2150. The first-order valence-corrected chi connectivity index (χ1v) is 22.0.